The second-order valence-corrected chi connectivity index (χ2v) is 8.95. The van der Waals surface area contributed by atoms with Gasteiger partial charge in [-0.15, -0.1) is 0 Å². The molecule has 1 aromatic carbocycles. The van der Waals surface area contributed by atoms with E-state index in [1.165, 1.54) is 10.6 Å². The summed E-state index contributed by atoms with van der Waals surface area (Å²) in [5, 5.41) is 3.33. The number of hydrogen-bond donors (Lipinski definition) is 1. The lowest BCUT2D eigenvalue weighted by Gasteiger charge is -2.36. The van der Waals surface area contributed by atoms with Crippen molar-refractivity contribution in [2.75, 3.05) is 36.7 Å². The van der Waals surface area contributed by atoms with Gasteiger partial charge in [-0.25, -0.2) is 13.4 Å². The van der Waals surface area contributed by atoms with Crippen molar-refractivity contribution in [2.45, 2.75) is 12.5 Å². The molecule has 0 bridgehead atoms. The van der Waals surface area contributed by atoms with E-state index in [-0.39, 0.29) is 11.9 Å². The van der Waals surface area contributed by atoms with Crippen LogP contribution in [-0.2, 0) is 23.5 Å². The third-order valence-corrected chi connectivity index (χ3v) is 6.42. The van der Waals surface area contributed by atoms with E-state index < -0.39 is 10.0 Å². The monoisotopic (exact) mass is 389 g/mol. The number of rotatable bonds is 3. The molecule has 0 aliphatic carbocycles. The third kappa shape index (κ3) is 3.21. The zero-order chi connectivity index (χ0) is 19.2. The summed E-state index contributed by atoms with van der Waals surface area (Å²) in [6.45, 7) is 2.42. The van der Waals surface area contributed by atoms with Crippen LogP contribution in [0.5, 0.6) is 0 Å². The maximum Gasteiger partial charge on any atom is 0.254 e. The molecular weight excluding hydrogens is 366 g/mol. The molecule has 1 amide bonds. The van der Waals surface area contributed by atoms with E-state index in [2.05, 4.69) is 10.3 Å². The van der Waals surface area contributed by atoms with E-state index in [4.69, 9.17) is 0 Å². The Kier molecular flexibility index (Phi) is 4.43. The van der Waals surface area contributed by atoms with Gasteiger partial charge in [0.15, 0.2) is 0 Å². The van der Waals surface area contributed by atoms with E-state index in [0.29, 0.717) is 37.3 Å². The first kappa shape index (κ1) is 18.0. The number of carbonyl (C=O) groups excluding carboxylic acids is 1. The molecule has 2 aromatic rings. The quantitative estimate of drug-likeness (QED) is 0.827. The van der Waals surface area contributed by atoms with Crippen molar-refractivity contribution < 1.29 is 13.2 Å². The minimum atomic E-state index is -3.29. The molecule has 9 heteroatoms. The first-order valence-corrected chi connectivity index (χ1v) is 10.8. The largest absolute Gasteiger partial charge is 0.336 e. The number of fused-ring (bicyclic) bond motifs is 1. The lowest BCUT2D eigenvalue weighted by Crippen LogP contribution is -2.49. The van der Waals surface area contributed by atoms with Crippen LogP contribution in [0.25, 0.3) is 0 Å². The van der Waals surface area contributed by atoms with E-state index in [1.807, 2.05) is 28.8 Å². The van der Waals surface area contributed by atoms with Gasteiger partial charge in [0.05, 0.1) is 11.9 Å². The molecule has 1 unspecified atom stereocenters. The van der Waals surface area contributed by atoms with Gasteiger partial charge < -0.3 is 14.8 Å². The van der Waals surface area contributed by atoms with Gasteiger partial charge in [0, 0.05) is 51.2 Å². The molecule has 1 saturated heterocycles. The van der Waals surface area contributed by atoms with Crippen molar-refractivity contribution in [1.29, 1.82) is 0 Å². The summed E-state index contributed by atoms with van der Waals surface area (Å²) in [6, 6.07) is 5.17. The fourth-order valence-electron chi connectivity index (χ4n) is 3.89. The number of nitrogens with zero attached hydrogens (tertiary/aromatic N) is 4. The average molecular weight is 389 g/mol. The number of carbonyl (C=O) groups is 1. The molecule has 2 aliphatic rings. The topological polar surface area (TPSA) is 87.5 Å². The predicted octanol–water partition coefficient (Wildman–Crippen LogP) is 0.529. The summed E-state index contributed by atoms with van der Waals surface area (Å²) >= 11 is 0. The van der Waals surface area contributed by atoms with Crippen LogP contribution in [0, 0.1) is 0 Å². The van der Waals surface area contributed by atoms with Crippen LogP contribution in [0.4, 0.5) is 5.69 Å². The van der Waals surface area contributed by atoms with Crippen LogP contribution in [0.3, 0.4) is 0 Å². The minimum absolute atomic E-state index is 0.0508. The van der Waals surface area contributed by atoms with E-state index in [1.54, 1.807) is 18.3 Å². The molecule has 8 nitrogen and oxygen atoms in total. The molecule has 1 fully saturated rings. The molecule has 0 spiro atoms. The smallest absolute Gasteiger partial charge is 0.254 e. The zero-order valence-electron chi connectivity index (χ0n) is 15.4. The van der Waals surface area contributed by atoms with Gasteiger partial charge in [0.1, 0.15) is 11.9 Å². The highest BCUT2D eigenvalue weighted by molar-refractivity contribution is 7.92. The van der Waals surface area contributed by atoms with Crippen LogP contribution >= 0.6 is 0 Å². The van der Waals surface area contributed by atoms with Crippen LogP contribution in [0.2, 0.25) is 0 Å². The number of sulfonamides is 1. The molecule has 4 rings (SSSR count). The van der Waals surface area contributed by atoms with Gasteiger partial charge in [-0.2, -0.15) is 0 Å². The minimum Gasteiger partial charge on any atom is -0.336 e. The number of hydrogen-bond acceptors (Lipinski definition) is 5. The summed E-state index contributed by atoms with van der Waals surface area (Å²) in [6.07, 6.45) is 5.44. The molecule has 27 heavy (non-hydrogen) atoms. The number of benzene rings is 1. The number of aryl methyl sites for hydroxylation is 1. The van der Waals surface area contributed by atoms with Crippen LogP contribution < -0.4 is 9.62 Å². The van der Waals surface area contributed by atoms with Crippen molar-refractivity contribution in [1.82, 2.24) is 19.8 Å². The highest BCUT2D eigenvalue weighted by Crippen LogP contribution is 2.32. The Balaban J connectivity index is 1.64. The fourth-order valence-corrected chi connectivity index (χ4v) is 4.85. The number of amides is 1. The molecule has 0 saturated carbocycles. The van der Waals surface area contributed by atoms with E-state index in [9.17, 15) is 13.2 Å². The highest BCUT2D eigenvalue weighted by atomic mass is 32.2. The molecular formula is C18H23N5O3S. The van der Waals surface area contributed by atoms with Crippen molar-refractivity contribution in [3.05, 3.63) is 47.5 Å². The SMILES string of the molecule is Cn1ccnc1C1CNCCN1C(=O)c1ccc2c(c1)CCN2S(C)(=O)=O. The van der Waals surface area contributed by atoms with Crippen molar-refractivity contribution in [3.63, 3.8) is 0 Å². The van der Waals surface area contributed by atoms with Crippen LogP contribution in [-0.4, -0.2) is 61.2 Å². The number of aromatic nitrogens is 2. The number of imidazole rings is 1. The second kappa shape index (κ2) is 6.65. The summed E-state index contributed by atoms with van der Waals surface area (Å²) in [5.41, 5.74) is 2.16. The fraction of sp³-hybridized carbons (Fsp3) is 0.444. The summed E-state index contributed by atoms with van der Waals surface area (Å²) in [4.78, 5) is 19.5. The third-order valence-electron chi connectivity index (χ3n) is 5.24. The van der Waals surface area contributed by atoms with Gasteiger partial charge in [-0.1, -0.05) is 0 Å². The lowest BCUT2D eigenvalue weighted by molar-refractivity contribution is 0.0621. The first-order chi connectivity index (χ1) is 12.9. The number of nitrogens with one attached hydrogen (secondary N) is 1. The van der Waals surface area contributed by atoms with Gasteiger partial charge in [0.25, 0.3) is 5.91 Å². The average Bonchev–Trinajstić information content (AvgIpc) is 3.26. The van der Waals surface area contributed by atoms with Crippen molar-refractivity contribution in [2.24, 2.45) is 7.05 Å². The maximum absolute atomic E-state index is 13.2. The molecule has 2 aliphatic heterocycles. The molecule has 144 valence electrons. The highest BCUT2D eigenvalue weighted by Gasteiger charge is 2.32. The first-order valence-electron chi connectivity index (χ1n) is 8.96. The number of piperazine rings is 1. The van der Waals surface area contributed by atoms with Gasteiger partial charge >= 0.3 is 0 Å². The molecule has 1 aromatic heterocycles. The Morgan fingerprint density at radius 1 is 1.30 bits per heavy atom. The Bertz CT molecular complexity index is 985. The Morgan fingerprint density at radius 3 is 2.81 bits per heavy atom. The van der Waals surface area contributed by atoms with E-state index in [0.717, 1.165) is 17.9 Å². The molecule has 1 atom stereocenters. The Labute approximate surface area is 158 Å². The van der Waals surface area contributed by atoms with Crippen LogP contribution in [0.15, 0.2) is 30.6 Å². The standard InChI is InChI=1S/C18H23N5O3S/c1-21-9-7-20-17(21)16-12-19-6-10-22(16)18(24)14-3-4-15-13(11-14)5-8-23(15)27(2,25)26/h3-4,7,9,11,16,19H,5-6,8,10,12H2,1-2H3. The van der Waals surface area contributed by atoms with Crippen molar-refractivity contribution in [3.8, 4) is 0 Å². The van der Waals surface area contributed by atoms with Gasteiger partial charge in [-0.05, 0) is 30.2 Å². The maximum atomic E-state index is 13.2. The molecule has 1 N–H and O–H groups in total. The van der Waals surface area contributed by atoms with Crippen LogP contribution in [0.1, 0.15) is 27.8 Å². The number of anilines is 1. The Hall–Kier alpha value is -2.39. The summed E-state index contributed by atoms with van der Waals surface area (Å²) < 4.78 is 27.1. The lowest BCUT2D eigenvalue weighted by atomic mass is 10.1. The van der Waals surface area contributed by atoms with Crippen molar-refractivity contribution >= 4 is 21.6 Å². The van der Waals surface area contributed by atoms with Gasteiger partial charge in [0.2, 0.25) is 10.0 Å². The summed E-state index contributed by atoms with van der Waals surface area (Å²) in [5.74, 6) is 0.796. The molecule has 3 heterocycles. The zero-order valence-corrected chi connectivity index (χ0v) is 16.2. The predicted molar refractivity (Wildman–Crippen MR) is 102 cm³/mol. The van der Waals surface area contributed by atoms with Gasteiger partial charge in [-0.3, -0.25) is 9.10 Å². The normalized spacial score (nSPS) is 20.0. The molecule has 0 radical (unpaired) electrons. The summed E-state index contributed by atoms with van der Waals surface area (Å²) in [7, 11) is -1.37. The van der Waals surface area contributed by atoms with E-state index >= 15 is 0 Å². The second-order valence-electron chi connectivity index (χ2n) is 7.04. The Morgan fingerprint density at radius 2 is 2.11 bits per heavy atom.